The summed E-state index contributed by atoms with van der Waals surface area (Å²) in [6.45, 7) is 3.34. The van der Waals surface area contributed by atoms with E-state index in [9.17, 15) is 0 Å². The van der Waals surface area contributed by atoms with Crippen molar-refractivity contribution in [2.75, 3.05) is 13.2 Å². The highest BCUT2D eigenvalue weighted by Gasteiger charge is 2.12. The number of halogens is 1. The molecule has 0 spiro atoms. The monoisotopic (exact) mass is 228 g/mol. The molecule has 1 rings (SSSR count). The SMILES string of the molecule is CCCOCC(NN)c1ccccc1Cl. The summed E-state index contributed by atoms with van der Waals surface area (Å²) < 4.78 is 5.44. The molecule has 0 aromatic heterocycles. The molecule has 3 nitrogen and oxygen atoms in total. The van der Waals surface area contributed by atoms with E-state index in [4.69, 9.17) is 22.2 Å². The fraction of sp³-hybridized carbons (Fsp3) is 0.455. The van der Waals surface area contributed by atoms with Crippen LogP contribution in [0.1, 0.15) is 24.9 Å². The molecule has 0 saturated carbocycles. The Hall–Kier alpha value is -0.610. The van der Waals surface area contributed by atoms with Crippen molar-refractivity contribution in [2.45, 2.75) is 19.4 Å². The van der Waals surface area contributed by atoms with Gasteiger partial charge in [-0.15, -0.1) is 0 Å². The first-order valence-corrected chi connectivity index (χ1v) is 5.45. The summed E-state index contributed by atoms with van der Waals surface area (Å²) >= 11 is 6.06. The maximum atomic E-state index is 6.06. The normalized spacial score (nSPS) is 12.7. The summed E-state index contributed by atoms with van der Waals surface area (Å²) in [5.74, 6) is 5.47. The summed E-state index contributed by atoms with van der Waals surface area (Å²) in [6, 6.07) is 7.58. The van der Waals surface area contributed by atoms with Crippen molar-refractivity contribution >= 4 is 11.6 Å². The summed E-state index contributed by atoms with van der Waals surface area (Å²) in [5.41, 5.74) is 3.68. The Morgan fingerprint density at radius 1 is 1.47 bits per heavy atom. The van der Waals surface area contributed by atoms with E-state index in [1.165, 1.54) is 0 Å². The highest BCUT2D eigenvalue weighted by molar-refractivity contribution is 6.31. The number of hydrogen-bond acceptors (Lipinski definition) is 3. The third-order valence-corrected chi connectivity index (χ3v) is 2.46. The first kappa shape index (κ1) is 12.5. The molecule has 3 N–H and O–H groups in total. The Balaban J connectivity index is 2.61. The van der Waals surface area contributed by atoms with E-state index in [2.05, 4.69) is 12.3 Å². The summed E-state index contributed by atoms with van der Waals surface area (Å²) in [4.78, 5) is 0. The van der Waals surface area contributed by atoms with E-state index >= 15 is 0 Å². The van der Waals surface area contributed by atoms with Crippen LogP contribution in [0.4, 0.5) is 0 Å². The van der Waals surface area contributed by atoms with Crippen molar-refractivity contribution < 1.29 is 4.74 Å². The van der Waals surface area contributed by atoms with Gasteiger partial charge in [-0.1, -0.05) is 36.7 Å². The minimum Gasteiger partial charge on any atom is -0.379 e. The van der Waals surface area contributed by atoms with E-state index in [1.807, 2.05) is 24.3 Å². The lowest BCUT2D eigenvalue weighted by atomic mass is 10.1. The zero-order valence-corrected chi connectivity index (χ0v) is 9.63. The lowest BCUT2D eigenvalue weighted by Gasteiger charge is -2.17. The van der Waals surface area contributed by atoms with Crippen molar-refractivity contribution in [3.8, 4) is 0 Å². The molecule has 1 aromatic rings. The topological polar surface area (TPSA) is 47.3 Å². The molecule has 15 heavy (non-hydrogen) atoms. The van der Waals surface area contributed by atoms with E-state index in [1.54, 1.807) is 0 Å². The van der Waals surface area contributed by atoms with E-state index in [-0.39, 0.29) is 6.04 Å². The van der Waals surface area contributed by atoms with Crippen molar-refractivity contribution in [1.82, 2.24) is 5.43 Å². The van der Waals surface area contributed by atoms with Crippen LogP contribution < -0.4 is 11.3 Å². The second kappa shape index (κ2) is 6.80. The smallest absolute Gasteiger partial charge is 0.0708 e. The third kappa shape index (κ3) is 3.80. The molecule has 0 saturated heterocycles. The highest BCUT2D eigenvalue weighted by Crippen LogP contribution is 2.22. The molecule has 0 radical (unpaired) electrons. The summed E-state index contributed by atoms with van der Waals surface area (Å²) in [7, 11) is 0. The minimum atomic E-state index is -0.0507. The molecule has 1 unspecified atom stereocenters. The Bertz CT molecular complexity index is 294. The van der Waals surface area contributed by atoms with Crippen molar-refractivity contribution in [1.29, 1.82) is 0 Å². The van der Waals surface area contributed by atoms with Gasteiger partial charge < -0.3 is 4.74 Å². The van der Waals surface area contributed by atoms with Gasteiger partial charge in [0.15, 0.2) is 0 Å². The van der Waals surface area contributed by atoms with Gasteiger partial charge >= 0.3 is 0 Å². The van der Waals surface area contributed by atoms with E-state index < -0.39 is 0 Å². The minimum absolute atomic E-state index is 0.0507. The molecule has 1 atom stereocenters. The van der Waals surface area contributed by atoms with Gasteiger partial charge in [0.25, 0.3) is 0 Å². The van der Waals surface area contributed by atoms with Crippen LogP contribution in [-0.4, -0.2) is 13.2 Å². The first-order valence-electron chi connectivity index (χ1n) is 5.08. The molecule has 0 bridgehead atoms. The van der Waals surface area contributed by atoms with Gasteiger partial charge in [0.2, 0.25) is 0 Å². The summed E-state index contributed by atoms with van der Waals surface area (Å²) in [5, 5.41) is 0.709. The van der Waals surface area contributed by atoms with Crippen molar-refractivity contribution in [3.63, 3.8) is 0 Å². The van der Waals surface area contributed by atoms with Crippen LogP contribution in [0.2, 0.25) is 5.02 Å². The maximum absolute atomic E-state index is 6.06. The highest BCUT2D eigenvalue weighted by atomic mass is 35.5. The Morgan fingerprint density at radius 2 is 2.20 bits per heavy atom. The van der Waals surface area contributed by atoms with Gasteiger partial charge in [0.05, 0.1) is 12.6 Å². The van der Waals surface area contributed by atoms with Crippen LogP contribution in [-0.2, 0) is 4.74 Å². The zero-order chi connectivity index (χ0) is 11.1. The zero-order valence-electron chi connectivity index (χ0n) is 8.87. The fourth-order valence-electron chi connectivity index (χ4n) is 1.33. The standard InChI is InChI=1S/C11H17ClN2O/c1-2-7-15-8-11(14-13)9-5-3-4-6-10(9)12/h3-6,11,14H,2,7-8,13H2,1H3. The Morgan fingerprint density at radius 3 is 2.80 bits per heavy atom. The average Bonchev–Trinajstić information content (AvgIpc) is 2.26. The number of hydrazine groups is 1. The first-order chi connectivity index (χ1) is 7.29. The van der Waals surface area contributed by atoms with Gasteiger partial charge in [-0.05, 0) is 18.1 Å². The van der Waals surface area contributed by atoms with Crippen LogP contribution in [0.15, 0.2) is 24.3 Å². The van der Waals surface area contributed by atoms with Crippen molar-refractivity contribution in [2.24, 2.45) is 5.84 Å². The number of hydrogen-bond donors (Lipinski definition) is 2. The number of rotatable bonds is 6. The molecule has 0 heterocycles. The largest absolute Gasteiger partial charge is 0.379 e. The molecular formula is C11H17ClN2O. The lowest BCUT2D eigenvalue weighted by Crippen LogP contribution is -2.31. The maximum Gasteiger partial charge on any atom is 0.0708 e. The van der Waals surface area contributed by atoms with Crippen LogP contribution in [0.25, 0.3) is 0 Å². The van der Waals surface area contributed by atoms with Crippen molar-refractivity contribution in [3.05, 3.63) is 34.9 Å². The molecular weight excluding hydrogens is 212 g/mol. The number of benzene rings is 1. The summed E-state index contributed by atoms with van der Waals surface area (Å²) in [6.07, 6.45) is 1.000. The molecule has 0 fully saturated rings. The Labute approximate surface area is 95.5 Å². The second-order valence-corrected chi connectivity index (χ2v) is 3.72. The predicted molar refractivity (Wildman–Crippen MR) is 62.6 cm³/mol. The quantitative estimate of drug-likeness (QED) is 0.446. The number of nitrogens with one attached hydrogen (secondary N) is 1. The van der Waals surface area contributed by atoms with Gasteiger partial charge in [-0.25, -0.2) is 0 Å². The van der Waals surface area contributed by atoms with E-state index in [0.29, 0.717) is 11.6 Å². The lowest BCUT2D eigenvalue weighted by molar-refractivity contribution is 0.112. The van der Waals surface area contributed by atoms with Gasteiger partial charge in [0, 0.05) is 11.6 Å². The molecule has 0 aliphatic carbocycles. The molecule has 0 aliphatic rings. The van der Waals surface area contributed by atoms with Crippen LogP contribution in [0.5, 0.6) is 0 Å². The van der Waals surface area contributed by atoms with Gasteiger partial charge in [-0.2, -0.15) is 0 Å². The molecule has 4 heteroatoms. The predicted octanol–water partition coefficient (Wildman–Crippen LogP) is 2.27. The molecule has 1 aromatic carbocycles. The second-order valence-electron chi connectivity index (χ2n) is 3.32. The van der Waals surface area contributed by atoms with Gasteiger partial charge in [-0.3, -0.25) is 11.3 Å². The number of ether oxygens (including phenoxy) is 1. The average molecular weight is 229 g/mol. The van der Waals surface area contributed by atoms with Crippen LogP contribution in [0, 0.1) is 0 Å². The molecule has 0 aliphatic heterocycles. The number of nitrogens with two attached hydrogens (primary N) is 1. The fourth-order valence-corrected chi connectivity index (χ4v) is 1.60. The third-order valence-electron chi connectivity index (χ3n) is 2.11. The van der Waals surface area contributed by atoms with Gasteiger partial charge in [0.1, 0.15) is 0 Å². The Kier molecular flexibility index (Phi) is 5.65. The molecule has 84 valence electrons. The van der Waals surface area contributed by atoms with Crippen LogP contribution in [0.3, 0.4) is 0 Å². The van der Waals surface area contributed by atoms with E-state index in [0.717, 1.165) is 18.6 Å². The van der Waals surface area contributed by atoms with Crippen LogP contribution >= 0.6 is 11.6 Å². The molecule has 0 amide bonds.